The molecule has 1 aromatic rings. The molecule has 2 N–H and O–H groups in total. The lowest BCUT2D eigenvalue weighted by atomic mass is 10.2. The Morgan fingerprint density at radius 3 is 2.74 bits per heavy atom. The molecule has 0 aliphatic heterocycles. The predicted molar refractivity (Wildman–Crippen MR) is 82.6 cm³/mol. The van der Waals surface area contributed by atoms with Gasteiger partial charge in [-0.2, -0.15) is 0 Å². The fourth-order valence-electron chi connectivity index (χ4n) is 1.86. The van der Waals surface area contributed by atoms with Crippen LogP contribution >= 0.6 is 15.9 Å². The maximum Gasteiger partial charge on any atom is 0.137 e. The Morgan fingerprint density at radius 1 is 1.21 bits per heavy atom. The van der Waals surface area contributed by atoms with Gasteiger partial charge in [-0.15, -0.1) is 0 Å². The normalized spacial score (nSPS) is 10.7. The highest BCUT2D eigenvalue weighted by molar-refractivity contribution is 9.10. The van der Waals surface area contributed by atoms with E-state index in [-0.39, 0.29) is 6.61 Å². The summed E-state index contributed by atoms with van der Waals surface area (Å²) >= 11 is 3.55. The van der Waals surface area contributed by atoms with E-state index in [1.165, 1.54) is 5.56 Å². The minimum absolute atomic E-state index is 0.290. The Hall–Kier alpha value is -0.580. The second kappa shape index (κ2) is 10.2. The van der Waals surface area contributed by atoms with Gasteiger partial charge in [0.05, 0.1) is 11.1 Å². The molecule has 19 heavy (non-hydrogen) atoms. The number of unbranched alkanes of at least 4 members (excludes halogenated alkanes) is 3. The van der Waals surface area contributed by atoms with Crippen LogP contribution < -0.4 is 10.1 Å². The fraction of sp³-hybridized carbons (Fsp3) is 0.600. The number of hydrogen-bond acceptors (Lipinski definition) is 3. The summed E-state index contributed by atoms with van der Waals surface area (Å²) in [5.41, 5.74) is 1.19. The molecule has 0 aromatic heterocycles. The average molecular weight is 330 g/mol. The number of para-hydroxylation sites is 1. The number of nitrogens with one attached hydrogen (secondary N) is 1. The largest absolute Gasteiger partial charge is 0.492 e. The summed E-state index contributed by atoms with van der Waals surface area (Å²) in [5, 5.41) is 12.0. The smallest absolute Gasteiger partial charge is 0.137 e. The van der Waals surface area contributed by atoms with Crippen molar-refractivity contribution < 1.29 is 9.84 Å². The third-order valence-electron chi connectivity index (χ3n) is 2.91. The van der Waals surface area contributed by atoms with Crippen molar-refractivity contribution in [2.75, 3.05) is 19.8 Å². The molecule has 0 amide bonds. The maximum absolute atomic E-state index is 8.71. The van der Waals surface area contributed by atoms with E-state index in [1.807, 2.05) is 12.1 Å². The van der Waals surface area contributed by atoms with Gasteiger partial charge in [0.2, 0.25) is 0 Å². The minimum atomic E-state index is 0.290. The van der Waals surface area contributed by atoms with Crippen molar-refractivity contribution >= 4 is 15.9 Å². The van der Waals surface area contributed by atoms with Gasteiger partial charge in [-0.25, -0.2) is 0 Å². The summed E-state index contributed by atoms with van der Waals surface area (Å²) in [6.45, 7) is 4.90. The zero-order valence-electron chi connectivity index (χ0n) is 11.6. The fourth-order valence-corrected chi connectivity index (χ4v) is 2.38. The van der Waals surface area contributed by atoms with Gasteiger partial charge in [-0.1, -0.05) is 25.5 Å². The summed E-state index contributed by atoms with van der Waals surface area (Å²) in [4.78, 5) is 0. The first-order chi connectivity index (χ1) is 9.29. The van der Waals surface area contributed by atoms with E-state index in [0.717, 1.165) is 55.6 Å². The van der Waals surface area contributed by atoms with Crippen LogP contribution in [0, 0.1) is 0 Å². The van der Waals surface area contributed by atoms with Crippen LogP contribution in [0.15, 0.2) is 22.7 Å². The molecule has 0 aliphatic carbocycles. The van der Waals surface area contributed by atoms with Crippen LogP contribution in [-0.2, 0) is 6.54 Å². The van der Waals surface area contributed by atoms with Crippen molar-refractivity contribution in [1.82, 2.24) is 5.32 Å². The number of rotatable bonds is 10. The lowest BCUT2D eigenvalue weighted by Crippen LogP contribution is -2.13. The van der Waals surface area contributed by atoms with Gasteiger partial charge in [0.25, 0.3) is 0 Å². The van der Waals surface area contributed by atoms with Crippen LogP contribution in [0.2, 0.25) is 0 Å². The highest BCUT2D eigenvalue weighted by atomic mass is 79.9. The van der Waals surface area contributed by atoms with E-state index >= 15 is 0 Å². The Morgan fingerprint density at radius 2 is 2.00 bits per heavy atom. The highest BCUT2D eigenvalue weighted by Gasteiger charge is 2.07. The van der Waals surface area contributed by atoms with Crippen molar-refractivity contribution in [3.63, 3.8) is 0 Å². The SMILES string of the molecule is CCNCc1cccc(Br)c1OCCCCCCO. The maximum atomic E-state index is 8.71. The molecule has 4 heteroatoms. The third-order valence-corrected chi connectivity index (χ3v) is 3.54. The molecular weight excluding hydrogens is 306 g/mol. The van der Waals surface area contributed by atoms with Crippen molar-refractivity contribution in [3.8, 4) is 5.75 Å². The van der Waals surface area contributed by atoms with Gasteiger partial charge in [0.1, 0.15) is 5.75 Å². The van der Waals surface area contributed by atoms with Crippen LogP contribution in [0.5, 0.6) is 5.75 Å². The molecule has 1 aromatic carbocycles. The summed E-state index contributed by atoms with van der Waals surface area (Å²) < 4.78 is 6.91. The molecule has 0 unspecified atom stereocenters. The molecule has 0 radical (unpaired) electrons. The van der Waals surface area contributed by atoms with Crippen LogP contribution in [0.25, 0.3) is 0 Å². The molecule has 0 saturated heterocycles. The molecule has 1 rings (SSSR count). The standard InChI is InChI=1S/C15H24BrNO2/c1-2-17-12-13-8-7-9-14(16)15(13)19-11-6-4-3-5-10-18/h7-9,17-18H,2-6,10-12H2,1H3. The second-order valence-electron chi connectivity index (χ2n) is 4.49. The number of halogens is 1. The Kier molecular flexibility index (Phi) is 8.88. The number of benzene rings is 1. The summed E-state index contributed by atoms with van der Waals surface area (Å²) in [6.07, 6.45) is 4.09. The van der Waals surface area contributed by atoms with Gasteiger partial charge < -0.3 is 15.2 Å². The molecule has 0 aliphatic rings. The third kappa shape index (κ3) is 6.41. The van der Waals surface area contributed by atoms with Gasteiger partial charge in [-0.05, 0) is 47.8 Å². The Bertz CT molecular complexity index is 358. The van der Waals surface area contributed by atoms with E-state index < -0.39 is 0 Å². The quantitative estimate of drug-likeness (QED) is 0.645. The van der Waals surface area contributed by atoms with Crippen LogP contribution in [0.1, 0.15) is 38.2 Å². The molecule has 0 fully saturated rings. The molecule has 0 bridgehead atoms. The van der Waals surface area contributed by atoms with Crippen molar-refractivity contribution in [3.05, 3.63) is 28.2 Å². The zero-order chi connectivity index (χ0) is 13.9. The molecular formula is C15H24BrNO2. The summed E-state index contributed by atoms with van der Waals surface area (Å²) in [6, 6.07) is 6.13. The zero-order valence-corrected chi connectivity index (χ0v) is 13.2. The second-order valence-corrected chi connectivity index (χ2v) is 5.35. The number of hydrogen-bond donors (Lipinski definition) is 2. The Labute approximate surface area is 124 Å². The monoisotopic (exact) mass is 329 g/mol. The minimum Gasteiger partial charge on any atom is -0.492 e. The molecule has 0 spiro atoms. The van der Waals surface area contributed by atoms with Crippen molar-refractivity contribution in [2.24, 2.45) is 0 Å². The Balaban J connectivity index is 2.42. The van der Waals surface area contributed by atoms with Gasteiger partial charge in [0, 0.05) is 18.7 Å². The van der Waals surface area contributed by atoms with E-state index in [0.29, 0.717) is 0 Å². The van der Waals surface area contributed by atoms with Crippen LogP contribution in [0.3, 0.4) is 0 Å². The van der Waals surface area contributed by atoms with E-state index in [4.69, 9.17) is 9.84 Å². The van der Waals surface area contributed by atoms with Crippen molar-refractivity contribution in [2.45, 2.75) is 39.2 Å². The first kappa shape index (κ1) is 16.5. The number of aliphatic hydroxyl groups is 1. The molecule has 0 saturated carbocycles. The topological polar surface area (TPSA) is 41.5 Å². The van der Waals surface area contributed by atoms with Gasteiger partial charge in [0.15, 0.2) is 0 Å². The lowest BCUT2D eigenvalue weighted by Gasteiger charge is -2.13. The summed E-state index contributed by atoms with van der Waals surface area (Å²) in [5.74, 6) is 0.950. The number of aliphatic hydroxyl groups excluding tert-OH is 1. The molecule has 108 valence electrons. The van der Waals surface area contributed by atoms with Gasteiger partial charge >= 0.3 is 0 Å². The molecule has 3 nitrogen and oxygen atoms in total. The first-order valence-electron chi connectivity index (χ1n) is 7.01. The molecule has 0 heterocycles. The van der Waals surface area contributed by atoms with Gasteiger partial charge in [-0.3, -0.25) is 0 Å². The highest BCUT2D eigenvalue weighted by Crippen LogP contribution is 2.29. The molecule has 0 atom stereocenters. The van der Waals surface area contributed by atoms with E-state index in [9.17, 15) is 0 Å². The average Bonchev–Trinajstić information content (AvgIpc) is 2.42. The van der Waals surface area contributed by atoms with Crippen molar-refractivity contribution in [1.29, 1.82) is 0 Å². The predicted octanol–water partition coefficient (Wildman–Crippen LogP) is 3.49. The van der Waals surface area contributed by atoms with Crippen LogP contribution in [-0.4, -0.2) is 24.9 Å². The summed E-state index contributed by atoms with van der Waals surface area (Å²) in [7, 11) is 0. The lowest BCUT2D eigenvalue weighted by molar-refractivity contribution is 0.272. The number of ether oxygens (including phenoxy) is 1. The first-order valence-corrected chi connectivity index (χ1v) is 7.80. The van der Waals surface area contributed by atoms with Crippen LogP contribution in [0.4, 0.5) is 0 Å². The van der Waals surface area contributed by atoms with E-state index in [1.54, 1.807) is 0 Å². The van der Waals surface area contributed by atoms with E-state index in [2.05, 4.69) is 34.2 Å².